The zero-order valence-electron chi connectivity index (χ0n) is 27.1. The van der Waals surface area contributed by atoms with E-state index in [1.165, 1.54) is 54.6 Å². The normalized spacial score (nSPS) is 11.6. The lowest BCUT2D eigenvalue weighted by Crippen LogP contribution is -2.09. The molecule has 2 aromatic heterocycles. The molecule has 234 valence electrons. The third-order valence-electron chi connectivity index (χ3n) is 9.93. The number of anilines is 3. The van der Waals surface area contributed by atoms with Crippen molar-refractivity contribution in [2.24, 2.45) is 0 Å². The van der Waals surface area contributed by atoms with E-state index in [2.05, 4.69) is 174 Å². The number of hydrogen-bond acceptors (Lipinski definition) is 3. The Kier molecular flexibility index (Phi) is 6.49. The van der Waals surface area contributed by atoms with Crippen LogP contribution in [0.3, 0.4) is 0 Å². The molecule has 2 heterocycles. The van der Waals surface area contributed by atoms with Crippen LogP contribution in [0.5, 0.6) is 0 Å². The van der Waals surface area contributed by atoms with Crippen LogP contribution in [0.2, 0.25) is 0 Å². The highest BCUT2D eigenvalue weighted by molar-refractivity contribution is 6.23. The van der Waals surface area contributed by atoms with Crippen LogP contribution in [-0.4, -0.2) is 4.98 Å². The summed E-state index contributed by atoms with van der Waals surface area (Å²) in [6.07, 6.45) is 3.65. The van der Waals surface area contributed by atoms with E-state index < -0.39 is 0 Å². The van der Waals surface area contributed by atoms with Gasteiger partial charge in [-0.1, -0.05) is 115 Å². The Morgan fingerprint density at radius 1 is 0.400 bits per heavy atom. The Labute approximate surface area is 289 Å². The van der Waals surface area contributed by atoms with Gasteiger partial charge in [0.1, 0.15) is 11.2 Å². The average molecular weight is 639 g/mol. The maximum atomic E-state index is 6.31. The molecule has 0 aliphatic carbocycles. The summed E-state index contributed by atoms with van der Waals surface area (Å²) in [4.78, 5) is 6.63. The van der Waals surface area contributed by atoms with Gasteiger partial charge in [-0.05, 0) is 103 Å². The number of aromatic nitrogens is 1. The first-order valence-electron chi connectivity index (χ1n) is 16.9. The maximum Gasteiger partial charge on any atom is 0.138 e. The molecular weight excluding hydrogens is 609 g/mol. The first-order valence-corrected chi connectivity index (χ1v) is 16.9. The minimum absolute atomic E-state index is 0.836. The Morgan fingerprint density at radius 3 is 1.84 bits per heavy atom. The van der Waals surface area contributed by atoms with Crippen molar-refractivity contribution in [2.75, 3.05) is 4.90 Å². The molecule has 50 heavy (non-hydrogen) atoms. The van der Waals surface area contributed by atoms with Crippen molar-refractivity contribution in [1.29, 1.82) is 0 Å². The highest BCUT2D eigenvalue weighted by atomic mass is 16.3. The molecule has 0 unspecified atom stereocenters. The Bertz CT molecular complexity index is 2850. The molecule has 3 nitrogen and oxygen atoms in total. The summed E-state index contributed by atoms with van der Waals surface area (Å²) in [7, 11) is 0. The summed E-state index contributed by atoms with van der Waals surface area (Å²) in [6.45, 7) is 0. The van der Waals surface area contributed by atoms with Crippen LogP contribution in [0.25, 0.3) is 76.5 Å². The summed E-state index contributed by atoms with van der Waals surface area (Å²) in [5.74, 6) is 0. The molecule has 10 aromatic rings. The number of hydrogen-bond donors (Lipinski definition) is 0. The monoisotopic (exact) mass is 638 g/mol. The molecule has 8 aromatic carbocycles. The average Bonchev–Trinajstić information content (AvgIpc) is 3.56. The van der Waals surface area contributed by atoms with Gasteiger partial charge in [-0.25, -0.2) is 0 Å². The minimum atomic E-state index is 0.836. The van der Waals surface area contributed by atoms with E-state index in [0.29, 0.717) is 0 Å². The molecule has 0 bridgehead atoms. The first-order chi connectivity index (χ1) is 24.8. The third-order valence-corrected chi connectivity index (χ3v) is 9.93. The lowest BCUT2D eigenvalue weighted by atomic mass is 9.91. The van der Waals surface area contributed by atoms with Crippen LogP contribution in [0.4, 0.5) is 17.1 Å². The standard InChI is InChI=1S/C47H30N2O/c1-2-8-31(9-3-1)32-16-20-36(21-17-32)49(38-24-25-41-44-30-48-27-26-45(44)50-46(41)29-38)37-22-18-34(19-23-37)43-28-35-15-14-33-10-4-5-11-39(33)47(35)42-13-7-6-12-40(42)43/h1-30H. The fourth-order valence-corrected chi connectivity index (χ4v) is 7.54. The molecule has 10 rings (SSSR count). The molecule has 0 saturated carbocycles. The van der Waals surface area contributed by atoms with E-state index in [9.17, 15) is 0 Å². The van der Waals surface area contributed by atoms with Crippen molar-refractivity contribution in [3.05, 3.63) is 182 Å². The van der Waals surface area contributed by atoms with Gasteiger partial charge in [0.05, 0.1) is 0 Å². The molecule has 0 aliphatic rings. The van der Waals surface area contributed by atoms with E-state index in [-0.39, 0.29) is 0 Å². The lowest BCUT2D eigenvalue weighted by molar-refractivity contribution is 0.668. The van der Waals surface area contributed by atoms with E-state index in [0.717, 1.165) is 39.0 Å². The van der Waals surface area contributed by atoms with Gasteiger partial charge in [0.15, 0.2) is 0 Å². The van der Waals surface area contributed by atoms with Gasteiger partial charge in [-0.15, -0.1) is 0 Å². The van der Waals surface area contributed by atoms with Crippen LogP contribution < -0.4 is 4.90 Å². The van der Waals surface area contributed by atoms with Crippen molar-refractivity contribution in [2.45, 2.75) is 0 Å². The molecule has 0 spiro atoms. The SMILES string of the molecule is c1ccc(-c2ccc(N(c3ccc(-c4cc5ccc6ccccc6c5c5ccccc45)cc3)c3ccc4c(c3)oc3ccncc34)cc2)cc1. The topological polar surface area (TPSA) is 29.3 Å². The minimum Gasteiger partial charge on any atom is -0.456 e. The third kappa shape index (κ3) is 4.63. The Hall–Kier alpha value is -6.71. The smallest absolute Gasteiger partial charge is 0.138 e. The van der Waals surface area contributed by atoms with Crippen LogP contribution in [0, 0.1) is 0 Å². The number of pyridine rings is 1. The predicted molar refractivity (Wildman–Crippen MR) is 210 cm³/mol. The highest BCUT2D eigenvalue weighted by Gasteiger charge is 2.17. The van der Waals surface area contributed by atoms with E-state index in [1.807, 2.05) is 12.3 Å². The second-order valence-electron chi connectivity index (χ2n) is 12.8. The van der Waals surface area contributed by atoms with E-state index in [1.54, 1.807) is 6.20 Å². The van der Waals surface area contributed by atoms with Gasteiger partial charge in [-0.2, -0.15) is 0 Å². The Morgan fingerprint density at radius 2 is 1.04 bits per heavy atom. The number of fused-ring (bicyclic) bond motifs is 8. The van der Waals surface area contributed by atoms with Gasteiger partial charge < -0.3 is 9.32 Å². The highest BCUT2D eigenvalue weighted by Crippen LogP contribution is 2.42. The first kappa shape index (κ1) is 28.3. The van der Waals surface area contributed by atoms with Gasteiger partial charge in [-0.3, -0.25) is 4.98 Å². The van der Waals surface area contributed by atoms with E-state index >= 15 is 0 Å². The van der Waals surface area contributed by atoms with Crippen molar-refractivity contribution >= 4 is 71.3 Å². The number of benzene rings is 8. The summed E-state index contributed by atoms with van der Waals surface area (Å²) in [5.41, 5.74) is 9.61. The zero-order valence-corrected chi connectivity index (χ0v) is 27.1. The quantitative estimate of drug-likeness (QED) is 0.176. The fourth-order valence-electron chi connectivity index (χ4n) is 7.54. The van der Waals surface area contributed by atoms with Crippen LogP contribution in [-0.2, 0) is 0 Å². The molecule has 0 N–H and O–H groups in total. The van der Waals surface area contributed by atoms with Crippen LogP contribution >= 0.6 is 0 Å². The molecule has 0 atom stereocenters. The van der Waals surface area contributed by atoms with Crippen molar-refractivity contribution < 1.29 is 4.42 Å². The Balaban J connectivity index is 1.11. The molecule has 3 heteroatoms. The van der Waals surface area contributed by atoms with Crippen molar-refractivity contribution in [3.8, 4) is 22.3 Å². The zero-order chi connectivity index (χ0) is 33.0. The van der Waals surface area contributed by atoms with Gasteiger partial charge in [0.2, 0.25) is 0 Å². The van der Waals surface area contributed by atoms with Crippen LogP contribution in [0.1, 0.15) is 0 Å². The van der Waals surface area contributed by atoms with E-state index in [4.69, 9.17) is 4.42 Å². The van der Waals surface area contributed by atoms with Gasteiger partial charge in [0, 0.05) is 46.3 Å². The molecule has 0 radical (unpaired) electrons. The van der Waals surface area contributed by atoms with Gasteiger partial charge in [0.25, 0.3) is 0 Å². The molecule has 0 fully saturated rings. The predicted octanol–water partition coefficient (Wildman–Crippen LogP) is 13.2. The summed E-state index contributed by atoms with van der Waals surface area (Å²) < 4.78 is 6.31. The molecular formula is C47H30N2O. The number of nitrogens with zero attached hydrogens (tertiary/aromatic N) is 2. The second-order valence-corrected chi connectivity index (χ2v) is 12.8. The molecule has 0 saturated heterocycles. The van der Waals surface area contributed by atoms with Crippen LogP contribution in [0.15, 0.2) is 187 Å². The lowest BCUT2D eigenvalue weighted by Gasteiger charge is -2.26. The number of furan rings is 1. The summed E-state index contributed by atoms with van der Waals surface area (Å²) in [6, 6.07) is 60.9. The summed E-state index contributed by atoms with van der Waals surface area (Å²) in [5, 5.41) is 9.70. The fraction of sp³-hybridized carbons (Fsp3) is 0. The second kappa shape index (κ2) is 11.5. The maximum absolute atomic E-state index is 6.31. The molecule has 0 amide bonds. The van der Waals surface area contributed by atoms with Crippen molar-refractivity contribution in [1.82, 2.24) is 4.98 Å². The largest absolute Gasteiger partial charge is 0.456 e. The van der Waals surface area contributed by atoms with Crippen molar-refractivity contribution in [3.63, 3.8) is 0 Å². The van der Waals surface area contributed by atoms with Gasteiger partial charge >= 0.3 is 0 Å². The number of rotatable bonds is 5. The molecule has 0 aliphatic heterocycles. The summed E-state index contributed by atoms with van der Waals surface area (Å²) >= 11 is 0.